The molecule has 3 aromatic rings. The molecular formula is C18H13F4N3O2. The van der Waals surface area contributed by atoms with E-state index in [9.17, 15) is 22.4 Å². The highest BCUT2D eigenvalue weighted by Gasteiger charge is 2.20. The van der Waals surface area contributed by atoms with E-state index in [0.29, 0.717) is 16.9 Å². The van der Waals surface area contributed by atoms with Gasteiger partial charge in [0.2, 0.25) is 11.6 Å². The molecule has 0 aliphatic carbocycles. The molecule has 2 N–H and O–H groups in total. The summed E-state index contributed by atoms with van der Waals surface area (Å²) in [6.07, 6.45) is 1.48. The zero-order valence-corrected chi connectivity index (χ0v) is 13.7. The summed E-state index contributed by atoms with van der Waals surface area (Å²) in [6, 6.07) is 9.58. The van der Waals surface area contributed by atoms with E-state index in [1.165, 1.54) is 12.3 Å². The van der Waals surface area contributed by atoms with Gasteiger partial charge >= 0.3 is 0 Å². The van der Waals surface area contributed by atoms with Gasteiger partial charge in [-0.2, -0.15) is 22.5 Å². The van der Waals surface area contributed by atoms with E-state index in [1.54, 1.807) is 30.3 Å². The number of nitrogens with zero attached hydrogens (tertiary/aromatic N) is 1. The van der Waals surface area contributed by atoms with Crippen molar-refractivity contribution in [3.8, 4) is 0 Å². The number of amides is 1. The second kappa shape index (κ2) is 7.90. The molecule has 0 unspecified atom stereocenters. The first kappa shape index (κ1) is 18.4. The maximum atomic E-state index is 13.6. The fraction of sp³-hybridized carbons (Fsp3) is 0.111. The lowest BCUT2D eigenvalue weighted by Gasteiger charge is -2.10. The van der Waals surface area contributed by atoms with Crippen molar-refractivity contribution >= 4 is 11.6 Å². The molecule has 1 aromatic carbocycles. The minimum atomic E-state index is -1.75. The van der Waals surface area contributed by atoms with Crippen molar-refractivity contribution in [2.24, 2.45) is 0 Å². The van der Waals surface area contributed by atoms with Crippen LogP contribution in [0, 0.1) is 23.5 Å². The number of halogens is 4. The van der Waals surface area contributed by atoms with E-state index in [1.807, 2.05) is 0 Å². The largest absolute Gasteiger partial charge is 0.467 e. The molecule has 1 amide bonds. The fourth-order valence-corrected chi connectivity index (χ4v) is 2.34. The van der Waals surface area contributed by atoms with E-state index >= 15 is 0 Å². The van der Waals surface area contributed by atoms with Gasteiger partial charge in [0, 0.05) is 12.1 Å². The number of furan rings is 1. The number of anilines is 1. The second-order valence-electron chi connectivity index (χ2n) is 5.51. The van der Waals surface area contributed by atoms with Crippen LogP contribution in [0.3, 0.4) is 0 Å². The van der Waals surface area contributed by atoms with Crippen LogP contribution < -0.4 is 10.6 Å². The highest BCUT2D eigenvalue weighted by Crippen LogP contribution is 2.22. The maximum absolute atomic E-state index is 13.6. The molecule has 0 fully saturated rings. The molecule has 0 saturated heterocycles. The zero-order chi connectivity index (χ0) is 19.4. The first-order valence-electron chi connectivity index (χ1n) is 7.79. The summed E-state index contributed by atoms with van der Waals surface area (Å²) in [7, 11) is 0. The summed E-state index contributed by atoms with van der Waals surface area (Å²) < 4.78 is 58.6. The first-order valence-corrected chi connectivity index (χ1v) is 7.79. The van der Waals surface area contributed by atoms with E-state index in [-0.39, 0.29) is 19.0 Å². The van der Waals surface area contributed by atoms with Crippen molar-refractivity contribution in [1.29, 1.82) is 0 Å². The maximum Gasteiger partial charge on any atom is 0.253 e. The second-order valence-corrected chi connectivity index (χ2v) is 5.51. The number of nitrogens with one attached hydrogen (secondary N) is 2. The van der Waals surface area contributed by atoms with E-state index in [4.69, 9.17) is 4.42 Å². The summed E-state index contributed by atoms with van der Waals surface area (Å²) in [5, 5.41) is 4.94. The SMILES string of the molecule is O=C(NCc1ccco1)c1cccc(CNc2c(F)c(F)nc(F)c2F)c1. The van der Waals surface area contributed by atoms with Crippen molar-refractivity contribution in [3.05, 3.63) is 83.1 Å². The minimum absolute atomic E-state index is 0.171. The van der Waals surface area contributed by atoms with Crippen molar-refractivity contribution < 1.29 is 26.8 Å². The number of carbonyl (C=O) groups excluding carboxylic acids is 1. The Kier molecular flexibility index (Phi) is 5.39. The monoisotopic (exact) mass is 379 g/mol. The van der Waals surface area contributed by atoms with Gasteiger partial charge in [0.05, 0.1) is 12.8 Å². The lowest BCUT2D eigenvalue weighted by molar-refractivity contribution is 0.0948. The van der Waals surface area contributed by atoms with E-state index < -0.39 is 29.2 Å². The lowest BCUT2D eigenvalue weighted by Crippen LogP contribution is -2.22. The Bertz CT molecular complexity index is 935. The zero-order valence-electron chi connectivity index (χ0n) is 13.7. The molecule has 0 aliphatic heterocycles. The van der Waals surface area contributed by atoms with E-state index in [0.717, 1.165) is 0 Å². The number of rotatable bonds is 6. The predicted molar refractivity (Wildman–Crippen MR) is 87.7 cm³/mol. The Morgan fingerprint density at radius 2 is 1.74 bits per heavy atom. The van der Waals surface area contributed by atoms with Crippen LogP contribution in [0.15, 0.2) is 47.1 Å². The number of carbonyl (C=O) groups is 1. The standard InChI is InChI=1S/C18H13F4N3O2/c19-13-15(14(20)17(22)25-16(13)21)23-8-10-3-1-4-11(7-10)18(26)24-9-12-5-2-6-27-12/h1-7H,8-9H2,(H,23,25)(H,24,26). The van der Waals surface area contributed by atoms with Gasteiger partial charge in [-0.3, -0.25) is 4.79 Å². The summed E-state index contributed by atoms with van der Waals surface area (Å²) in [5.41, 5.74) is -0.196. The smallest absolute Gasteiger partial charge is 0.253 e. The summed E-state index contributed by atoms with van der Waals surface area (Å²) in [6.45, 7) is 0.0241. The molecule has 0 saturated carbocycles. The van der Waals surface area contributed by atoms with Crippen molar-refractivity contribution in [2.75, 3.05) is 5.32 Å². The normalized spacial score (nSPS) is 10.7. The van der Waals surface area contributed by atoms with Crippen LogP contribution in [0.2, 0.25) is 0 Å². The molecule has 140 valence electrons. The summed E-state index contributed by atoms with van der Waals surface area (Å²) in [5.74, 6) is -6.55. The Morgan fingerprint density at radius 1 is 1.00 bits per heavy atom. The number of hydrogen-bond acceptors (Lipinski definition) is 4. The third-order valence-corrected chi connectivity index (χ3v) is 3.66. The van der Waals surface area contributed by atoms with Crippen LogP contribution in [0.25, 0.3) is 0 Å². The van der Waals surface area contributed by atoms with Gasteiger partial charge in [-0.15, -0.1) is 0 Å². The predicted octanol–water partition coefficient (Wildman–Crippen LogP) is 3.77. The molecule has 2 aromatic heterocycles. The molecular weight excluding hydrogens is 366 g/mol. The Morgan fingerprint density at radius 3 is 2.41 bits per heavy atom. The Labute approximate surface area is 151 Å². The van der Waals surface area contributed by atoms with Gasteiger partial charge in [0.15, 0.2) is 0 Å². The van der Waals surface area contributed by atoms with Crippen molar-refractivity contribution in [1.82, 2.24) is 10.3 Å². The highest BCUT2D eigenvalue weighted by molar-refractivity contribution is 5.94. The minimum Gasteiger partial charge on any atom is -0.467 e. The Hall–Kier alpha value is -3.36. The first-order chi connectivity index (χ1) is 13.0. The molecule has 0 atom stereocenters. The van der Waals surface area contributed by atoms with Crippen LogP contribution in [-0.4, -0.2) is 10.9 Å². The highest BCUT2D eigenvalue weighted by atomic mass is 19.2. The quantitative estimate of drug-likeness (QED) is 0.505. The number of aromatic nitrogens is 1. The average molecular weight is 379 g/mol. The van der Waals surface area contributed by atoms with Crippen LogP contribution in [0.4, 0.5) is 23.2 Å². The molecule has 27 heavy (non-hydrogen) atoms. The summed E-state index contributed by atoms with van der Waals surface area (Å²) in [4.78, 5) is 14.6. The molecule has 0 radical (unpaired) electrons. The Balaban J connectivity index is 1.69. The van der Waals surface area contributed by atoms with Crippen LogP contribution >= 0.6 is 0 Å². The van der Waals surface area contributed by atoms with Crippen LogP contribution in [0.1, 0.15) is 21.7 Å². The molecule has 2 heterocycles. The third-order valence-electron chi connectivity index (χ3n) is 3.66. The van der Waals surface area contributed by atoms with Crippen LogP contribution in [-0.2, 0) is 13.1 Å². The van der Waals surface area contributed by atoms with Crippen molar-refractivity contribution in [2.45, 2.75) is 13.1 Å². The van der Waals surface area contributed by atoms with Crippen LogP contribution in [0.5, 0.6) is 0 Å². The van der Waals surface area contributed by atoms with Gasteiger partial charge in [0.25, 0.3) is 17.8 Å². The van der Waals surface area contributed by atoms with Gasteiger partial charge in [-0.05, 0) is 29.8 Å². The fourth-order valence-electron chi connectivity index (χ4n) is 2.34. The molecule has 3 rings (SSSR count). The van der Waals surface area contributed by atoms with Gasteiger partial charge in [0.1, 0.15) is 11.4 Å². The number of hydrogen-bond donors (Lipinski definition) is 2. The molecule has 9 heteroatoms. The van der Waals surface area contributed by atoms with Crippen molar-refractivity contribution in [3.63, 3.8) is 0 Å². The lowest BCUT2D eigenvalue weighted by atomic mass is 10.1. The molecule has 0 aliphatic rings. The van der Waals surface area contributed by atoms with Gasteiger partial charge < -0.3 is 15.1 Å². The summed E-state index contributed by atoms with van der Waals surface area (Å²) >= 11 is 0. The van der Waals surface area contributed by atoms with E-state index in [2.05, 4.69) is 15.6 Å². The average Bonchev–Trinajstić information content (AvgIpc) is 3.18. The topological polar surface area (TPSA) is 67.2 Å². The third kappa shape index (κ3) is 4.25. The molecule has 0 bridgehead atoms. The number of benzene rings is 1. The van der Waals surface area contributed by atoms with Gasteiger partial charge in [-0.1, -0.05) is 12.1 Å². The molecule has 0 spiro atoms. The number of pyridine rings is 1. The molecule has 5 nitrogen and oxygen atoms in total. The van der Waals surface area contributed by atoms with Gasteiger partial charge in [-0.25, -0.2) is 0 Å².